The van der Waals surface area contributed by atoms with E-state index in [0.717, 1.165) is 0 Å². The molecule has 3 N–H and O–H groups in total. The van der Waals surface area contributed by atoms with Crippen molar-refractivity contribution in [1.29, 1.82) is 0 Å². The smallest absolute Gasteiger partial charge is 0.409 e. The standard InChI is InChI=1S/C17H15N3O5/c1-25-12-6-7-14-13(8-12)19-15(21)9-16(22)20(14)11-4-2-10(3-5-11)18-17(23)24/h2-8,18H,9H2,1H3,(H,19,21)(H,23,24). The molecule has 0 atom stereocenters. The molecular weight excluding hydrogens is 326 g/mol. The van der Waals surface area contributed by atoms with Gasteiger partial charge in [0.15, 0.2) is 0 Å². The zero-order chi connectivity index (χ0) is 18.0. The topological polar surface area (TPSA) is 108 Å². The molecule has 0 aliphatic carbocycles. The van der Waals surface area contributed by atoms with Crippen LogP contribution in [0.3, 0.4) is 0 Å². The van der Waals surface area contributed by atoms with Crippen LogP contribution in [0.1, 0.15) is 6.42 Å². The summed E-state index contributed by atoms with van der Waals surface area (Å²) < 4.78 is 5.16. The van der Waals surface area contributed by atoms with E-state index in [4.69, 9.17) is 9.84 Å². The largest absolute Gasteiger partial charge is 0.497 e. The number of benzene rings is 2. The van der Waals surface area contributed by atoms with E-state index in [1.807, 2.05) is 0 Å². The molecule has 0 saturated heterocycles. The fourth-order valence-electron chi connectivity index (χ4n) is 2.58. The van der Waals surface area contributed by atoms with Gasteiger partial charge in [0.25, 0.3) is 0 Å². The molecule has 8 nitrogen and oxygen atoms in total. The maximum atomic E-state index is 12.5. The third-order valence-electron chi connectivity index (χ3n) is 3.66. The Hall–Kier alpha value is -3.55. The normalized spacial score (nSPS) is 13.6. The maximum Gasteiger partial charge on any atom is 0.409 e. The van der Waals surface area contributed by atoms with Crippen molar-refractivity contribution in [3.8, 4) is 5.75 Å². The van der Waals surface area contributed by atoms with Crippen LogP contribution < -0.4 is 20.3 Å². The van der Waals surface area contributed by atoms with E-state index in [-0.39, 0.29) is 12.3 Å². The molecule has 0 spiro atoms. The van der Waals surface area contributed by atoms with E-state index in [9.17, 15) is 14.4 Å². The van der Waals surface area contributed by atoms with Crippen LogP contribution in [0.25, 0.3) is 0 Å². The molecule has 2 aromatic rings. The Labute approximate surface area is 143 Å². The zero-order valence-electron chi connectivity index (χ0n) is 13.3. The minimum atomic E-state index is -1.18. The minimum Gasteiger partial charge on any atom is -0.497 e. The number of rotatable bonds is 3. The molecule has 0 radical (unpaired) electrons. The lowest BCUT2D eigenvalue weighted by molar-refractivity contribution is -0.124. The Balaban J connectivity index is 2.03. The van der Waals surface area contributed by atoms with E-state index < -0.39 is 12.0 Å². The number of nitrogens with zero attached hydrogens (tertiary/aromatic N) is 1. The first-order chi connectivity index (χ1) is 12.0. The molecule has 128 valence electrons. The van der Waals surface area contributed by atoms with Crippen LogP contribution in [-0.2, 0) is 9.59 Å². The summed E-state index contributed by atoms with van der Waals surface area (Å²) in [5.41, 5.74) is 1.87. The minimum absolute atomic E-state index is 0.299. The number of carbonyl (C=O) groups excluding carboxylic acids is 2. The number of methoxy groups -OCH3 is 1. The van der Waals surface area contributed by atoms with Crippen LogP contribution in [-0.4, -0.2) is 30.1 Å². The van der Waals surface area contributed by atoms with Crippen molar-refractivity contribution in [2.24, 2.45) is 0 Å². The summed E-state index contributed by atoms with van der Waals surface area (Å²) in [5, 5.41) is 13.7. The molecule has 8 heteroatoms. The first-order valence-electron chi connectivity index (χ1n) is 7.39. The molecule has 1 aliphatic heterocycles. The summed E-state index contributed by atoms with van der Waals surface area (Å²) in [5.74, 6) is -0.249. The fourth-order valence-corrected chi connectivity index (χ4v) is 2.58. The first-order valence-corrected chi connectivity index (χ1v) is 7.39. The number of carboxylic acid groups (broad SMARTS) is 1. The lowest BCUT2D eigenvalue weighted by Crippen LogP contribution is -2.26. The Morgan fingerprint density at radius 2 is 1.92 bits per heavy atom. The quantitative estimate of drug-likeness (QED) is 0.744. The van der Waals surface area contributed by atoms with Crippen molar-refractivity contribution in [2.75, 3.05) is 22.6 Å². The van der Waals surface area contributed by atoms with E-state index >= 15 is 0 Å². The maximum absolute atomic E-state index is 12.5. The van der Waals surface area contributed by atoms with Crippen LogP contribution in [0, 0.1) is 0 Å². The molecule has 3 amide bonds. The predicted octanol–water partition coefficient (Wildman–Crippen LogP) is 2.79. The number of fused-ring (bicyclic) bond motifs is 1. The van der Waals surface area contributed by atoms with Gasteiger partial charge in [0.2, 0.25) is 11.8 Å². The number of amides is 3. The zero-order valence-corrected chi connectivity index (χ0v) is 13.3. The van der Waals surface area contributed by atoms with E-state index in [0.29, 0.717) is 28.5 Å². The molecule has 3 rings (SSSR count). The van der Waals surface area contributed by atoms with Crippen LogP contribution in [0.4, 0.5) is 27.5 Å². The molecule has 1 aliphatic rings. The Morgan fingerprint density at radius 3 is 2.56 bits per heavy atom. The Bertz CT molecular complexity index is 848. The van der Waals surface area contributed by atoms with Gasteiger partial charge in [0.1, 0.15) is 12.2 Å². The molecular formula is C17H15N3O5. The number of anilines is 4. The average molecular weight is 341 g/mol. The molecule has 2 aromatic carbocycles. The summed E-state index contributed by atoms with van der Waals surface area (Å²) in [6.45, 7) is 0. The second kappa shape index (κ2) is 6.52. The molecule has 0 bridgehead atoms. The van der Waals surface area contributed by atoms with Gasteiger partial charge in [-0.3, -0.25) is 19.8 Å². The van der Waals surface area contributed by atoms with Crippen molar-refractivity contribution < 1.29 is 24.2 Å². The van der Waals surface area contributed by atoms with Gasteiger partial charge < -0.3 is 15.2 Å². The van der Waals surface area contributed by atoms with Crippen molar-refractivity contribution in [3.63, 3.8) is 0 Å². The second-order valence-electron chi connectivity index (χ2n) is 5.31. The second-order valence-corrected chi connectivity index (χ2v) is 5.31. The summed E-state index contributed by atoms with van der Waals surface area (Å²) >= 11 is 0. The van der Waals surface area contributed by atoms with Crippen molar-refractivity contribution in [3.05, 3.63) is 42.5 Å². The van der Waals surface area contributed by atoms with E-state index in [1.54, 1.807) is 42.5 Å². The number of ether oxygens (including phenoxy) is 1. The highest BCUT2D eigenvalue weighted by molar-refractivity contribution is 6.17. The van der Waals surface area contributed by atoms with Gasteiger partial charge in [0.05, 0.1) is 18.5 Å². The van der Waals surface area contributed by atoms with E-state index in [2.05, 4.69) is 10.6 Å². The highest BCUT2D eigenvalue weighted by atomic mass is 16.5. The lowest BCUT2D eigenvalue weighted by Gasteiger charge is -2.23. The van der Waals surface area contributed by atoms with Crippen LogP contribution in [0.5, 0.6) is 5.75 Å². The highest BCUT2D eigenvalue weighted by Crippen LogP contribution is 2.37. The van der Waals surface area contributed by atoms with Gasteiger partial charge in [0, 0.05) is 17.4 Å². The highest BCUT2D eigenvalue weighted by Gasteiger charge is 2.27. The van der Waals surface area contributed by atoms with Gasteiger partial charge in [-0.05, 0) is 36.4 Å². The van der Waals surface area contributed by atoms with Gasteiger partial charge in [-0.2, -0.15) is 0 Å². The molecule has 25 heavy (non-hydrogen) atoms. The average Bonchev–Trinajstić information content (AvgIpc) is 2.69. The van der Waals surface area contributed by atoms with Crippen LogP contribution in [0.2, 0.25) is 0 Å². The summed E-state index contributed by atoms with van der Waals surface area (Å²) in [6, 6.07) is 11.3. The monoisotopic (exact) mass is 341 g/mol. The third kappa shape index (κ3) is 3.37. The summed E-state index contributed by atoms with van der Waals surface area (Å²) in [4.78, 5) is 36.6. The van der Waals surface area contributed by atoms with Crippen LogP contribution >= 0.6 is 0 Å². The summed E-state index contributed by atoms with van der Waals surface area (Å²) in [6.07, 6.45) is -1.47. The third-order valence-corrected chi connectivity index (χ3v) is 3.66. The van der Waals surface area contributed by atoms with E-state index in [1.165, 1.54) is 12.0 Å². The van der Waals surface area contributed by atoms with Crippen molar-refractivity contribution in [2.45, 2.75) is 6.42 Å². The molecule has 0 saturated carbocycles. The first kappa shape index (κ1) is 16.3. The van der Waals surface area contributed by atoms with Crippen LogP contribution in [0.15, 0.2) is 42.5 Å². The summed E-state index contributed by atoms with van der Waals surface area (Å²) in [7, 11) is 1.51. The molecule has 0 fully saturated rings. The number of carbonyl (C=O) groups is 3. The van der Waals surface area contributed by atoms with Gasteiger partial charge in [-0.25, -0.2) is 4.79 Å². The molecule has 1 heterocycles. The lowest BCUT2D eigenvalue weighted by atomic mass is 10.2. The Kier molecular flexibility index (Phi) is 4.25. The predicted molar refractivity (Wildman–Crippen MR) is 91.5 cm³/mol. The fraction of sp³-hybridized carbons (Fsp3) is 0.118. The molecule has 0 aromatic heterocycles. The van der Waals surface area contributed by atoms with Gasteiger partial charge in [-0.1, -0.05) is 0 Å². The molecule has 0 unspecified atom stereocenters. The van der Waals surface area contributed by atoms with Gasteiger partial charge in [-0.15, -0.1) is 0 Å². The SMILES string of the molecule is COc1ccc2c(c1)NC(=O)CC(=O)N2c1ccc(NC(=O)O)cc1. The van der Waals surface area contributed by atoms with Crippen molar-refractivity contribution in [1.82, 2.24) is 0 Å². The van der Waals surface area contributed by atoms with Gasteiger partial charge >= 0.3 is 6.09 Å². The Morgan fingerprint density at radius 1 is 1.20 bits per heavy atom. The number of nitrogens with one attached hydrogen (secondary N) is 2. The number of hydrogen-bond acceptors (Lipinski definition) is 4. The van der Waals surface area contributed by atoms with Crippen molar-refractivity contribution >= 4 is 40.7 Å². The number of hydrogen-bond donors (Lipinski definition) is 3.